The van der Waals surface area contributed by atoms with Crippen LogP contribution in [-0.4, -0.2) is 23.3 Å². The summed E-state index contributed by atoms with van der Waals surface area (Å²) in [6.07, 6.45) is -0.216. The Balaban J connectivity index is 1.97. The van der Waals surface area contributed by atoms with Gasteiger partial charge in [-0.3, -0.25) is 0 Å². The van der Waals surface area contributed by atoms with E-state index in [2.05, 4.69) is 4.99 Å². The van der Waals surface area contributed by atoms with Gasteiger partial charge in [-0.05, 0) is 25.0 Å². The second-order valence-electron chi connectivity index (χ2n) is 5.55. The number of halogens is 3. The van der Waals surface area contributed by atoms with E-state index >= 15 is 0 Å². The van der Waals surface area contributed by atoms with Crippen LogP contribution in [0, 0.1) is 0 Å². The van der Waals surface area contributed by atoms with Crippen molar-refractivity contribution in [3.05, 3.63) is 29.1 Å². The molecule has 4 nitrogen and oxygen atoms in total. The SMILES string of the molecule is O=C(N=c1sc2ccccc2n1C1CCCC1)NCC(F)(F)F. The van der Waals surface area contributed by atoms with Crippen LogP contribution in [0.3, 0.4) is 0 Å². The van der Waals surface area contributed by atoms with Crippen molar-refractivity contribution in [3.63, 3.8) is 0 Å². The lowest BCUT2D eigenvalue weighted by molar-refractivity contribution is -0.122. The molecular weight excluding hydrogens is 327 g/mol. The molecule has 1 aromatic heterocycles. The summed E-state index contributed by atoms with van der Waals surface area (Å²) in [6, 6.07) is 6.98. The van der Waals surface area contributed by atoms with E-state index in [4.69, 9.17) is 0 Å². The average molecular weight is 343 g/mol. The van der Waals surface area contributed by atoms with Crippen LogP contribution in [0.2, 0.25) is 0 Å². The molecule has 0 saturated heterocycles. The van der Waals surface area contributed by atoms with Crippen LogP contribution in [0.25, 0.3) is 10.2 Å². The number of fused-ring (bicyclic) bond motifs is 1. The Morgan fingerprint density at radius 3 is 2.70 bits per heavy atom. The molecule has 1 heterocycles. The lowest BCUT2D eigenvalue weighted by Gasteiger charge is -2.13. The summed E-state index contributed by atoms with van der Waals surface area (Å²) in [7, 11) is 0. The molecule has 0 atom stereocenters. The highest BCUT2D eigenvalue weighted by Gasteiger charge is 2.28. The fourth-order valence-electron chi connectivity index (χ4n) is 2.89. The molecule has 0 aliphatic heterocycles. The van der Waals surface area contributed by atoms with Gasteiger partial charge >= 0.3 is 12.2 Å². The van der Waals surface area contributed by atoms with E-state index in [1.54, 1.807) is 5.32 Å². The van der Waals surface area contributed by atoms with Crippen molar-refractivity contribution in [2.24, 2.45) is 4.99 Å². The fourth-order valence-corrected chi connectivity index (χ4v) is 3.98. The minimum atomic E-state index is -4.44. The molecule has 2 aromatic rings. The predicted molar refractivity (Wildman–Crippen MR) is 82.3 cm³/mol. The summed E-state index contributed by atoms with van der Waals surface area (Å²) in [5.74, 6) is 0. The zero-order valence-corrected chi connectivity index (χ0v) is 13.1. The number of amides is 2. The molecular formula is C15H16F3N3OS. The van der Waals surface area contributed by atoms with Crippen LogP contribution in [0.4, 0.5) is 18.0 Å². The van der Waals surface area contributed by atoms with Crippen LogP contribution < -0.4 is 10.1 Å². The molecule has 0 bridgehead atoms. The van der Waals surface area contributed by atoms with Gasteiger partial charge in [0.1, 0.15) is 6.54 Å². The van der Waals surface area contributed by atoms with Crippen molar-refractivity contribution in [2.75, 3.05) is 6.54 Å². The standard InChI is InChI=1S/C15H16F3N3OS/c16-15(17,18)9-19-13(22)20-14-21(10-5-1-2-6-10)11-7-3-4-8-12(11)23-14/h3-4,7-8,10H,1-2,5-6,9H2,(H,19,22). The van der Waals surface area contributed by atoms with Crippen LogP contribution in [0.1, 0.15) is 31.7 Å². The maximum absolute atomic E-state index is 12.2. The van der Waals surface area contributed by atoms with E-state index in [1.165, 1.54) is 11.3 Å². The van der Waals surface area contributed by atoms with Gasteiger partial charge in [-0.2, -0.15) is 18.2 Å². The Morgan fingerprint density at radius 2 is 2.00 bits per heavy atom. The van der Waals surface area contributed by atoms with Crippen molar-refractivity contribution in [2.45, 2.75) is 37.9 Å². The minimum absolute atomic E-state index is 0.250. The van der Waals surface area contributed by atoms with E-state index in [-0.39, 0.29) is 6.04 Å². The summed E-state index contributed by atoms with van der Waals surface area (Å²) in [5.41, 5.74) is 0.978. The molecule has 1 aliphatic carbocycles. The van der Waals surface area contributed by atoms with E-state index in [0.29, 0.717) is 4.80 Å². The van der Waals surface area contributed by atoms with E-state index in [0.717, 1.165) is 35.9 Å². The van der Waals surface area contributed by atoms with Crippen LogP contribution in [0.15, 0.2) is 29.3 Å². The largest absolute Gasteiger partial charge is 0.405 e. The second-order valence-corrected chi connectivity index (χ2v) is 6.56. The van der Waals surface area contributed by atoms with Crippen molar-refractivity contribution in [1.82, 2.24) is 9.88 Å². The smallest absolute Gasteiger partial charge is 0.327 e. The molecule has 0 unspecified atom stereocenters. The number of hydrogen-bond donors (Lipinski definition) is 1. The molecule has 1 fully saturated rings. The highest BCUT2D eigenvalue weighted by Crippen LogP contribution is 2.32. The van der Waals surface area contributed by atoms with Gasteiger partial charge in [0, 0.05) is 6.04 Å². The number of nitrogens with zero attached hydrogens (tertiary/aromatic N) is 2. The number of thiazole rings is 1. The summed E-state index contributed by atoms with van der Waals surface area (Å²) >= 11 is 1.33. The Morgan fingerprint density at radius 1 is 1.30 bits per heavy atom. The van der Waals surface area contributed by atoms with Gasteiger partial charge in [0.25, 0.3) is 0 Å². The highest BCUT2D eigenvalue weighted by atomic mass is 32.1. The molecule has 1 aliphatic rings. The number of aromatic nitrogens is 1. The second kappa shape index (κ2) is 6.35. The molecule has 8 heteroatoms. The maximum Gasteiger partial charge on any atom is 0.405 e. The van der Waals surface area contributed by atoms with Crippen molar-refractivity contribution < 1.29 is 18.0 Å². The normalized spacial score (nSPS) is 17.1. The lowest BCUT2D eigenvalue weighted by Crippen LogP contribution is -2.33. The third-order valence-corrected chi connectivity index (χ3v) is 4.89. The number of benzene rings is 1. The minimum Gasteiger partial charge on any atom is -0.327 e. The van der Waals surface area contributed by atoms with Crippen LogP contribution >= 0.6 is 11.3 Å². The summed E-state index contributed by atoms with van der Waals surface area (Å²) < 4.78 is 39.5. The van der Waals surface area contributed by atoms with Gasteiger partial charge < -0.3 is 9.88 Å². The Labute approximate surface area is 134 Å². The number of rotatable bonds is 2. The molecule has 2 amide bonds. The first kappa shape index (κ1) is 16.0. The summed E-state index contributed by atoms with van der Waals surface area (Å²) in [5, 5.41) is 1.80. The van der Waals surface area contributed by atoms with E-state index in [9.17, 15) is 18.0 Å². The number of nitrogens with one attached hydrogen (secondary N) is 1. The lowest BCUT2D eigenvalue weighted by atomic mass is 10.2. The average Bonchev–Trinajstić information content (AvgIpc) is 3.10. The highest BCUT2D eigenvalue weighted by molar-refractivity contribution is 7.16. The molecule has 0 spiro atoms. The first-order chi connectivity index (χ1) is 10.9. The third-order valence-electron chi connectivity index (χ3n) is 3.86. The van der Waals surface area contributed by atoms with Gasteiger partial charge in [0.15, 0.2) is 4.80 Å². The maximum atomic E-state index is 12.2. The van der Waals surface area contributed by atoms with Gasteiger partial charge in [0.05, 0.1) is 10.2 Å². The number of para-hydroxylation sites is 1. The quantitative estimate of drug-likeness (QED) is 0.880. The van der Waals surface area contributed by atoms with Crippen LogP contribution in [-0.2, 0) is 0 Å². The number of hydrogen-bond acceptors (Lipinski definition) is 2. The van der Waals surface area contributed by atoms with Gasteiger partial charge in [-0.1, -0.05) is 36.3 Å². The van der Waals surface area contributed by atoms with E-state index < -0.39 is 18.8 Å². The van der Waals surface area contributed by atoms with Gasteiger partial charge in [-0.15, -0.1) is 0 Å². The zero-order chi connectivity index (χ0) is 16.4. The molecule has 0 radical (unpaired) electrons. The van der Waals surface area contributed by atoms with Crippen LogP contribution in [0.5, 0.6) is 0 Å². The van der Waals surface area contributed by atoms with Crippen molar-refractivity contribution in [3.8, 4) is 0 Å². The fraction of sp³-hybridized carbons (Fsp3) is 0.467. The van der Waals surface area contributed by atoms with Crippen molar-refractivity contribution in [1.29, 1.82) is 0 Å². The third kappa shape index (κ3) is 3.74. The van der Waals surface area contributed by atoms with Gasteiger partial charge in [-0.25, -0.2) is 4.79 Å². The Hall–Kier alpha value is -1.83. The molecule has 124 valence electrons. The number of carbonyl (C=O) groups excluding carboxylic acids is 1. The number of carbonyl (C=O) groups is 1. The first-order valence-electron chi connectivity index (χ1n) is 7.43. The zero-order valence-electron chi connectivity index (χ0n) is 12.3. The monoisotopic (exact) mass is 343 g/mol. The van der Waals surface area contributed by atoms with Gasteiger partial charge in [0.2, 0.25) is 0 Å². The molecule has 1 N–H and O–H groups in total. The molecule has 1 saturated carbocycles. The predicted octanol–water partition coefficient (Wildman–Crippen LogP) is 3.99. The first-order valence-corrected chi connectivity index (χ1v) is 8.25. The number of urea groups is 1. The number of alkyl halides is 3. The summed E-state index contributed by atoms with van der Waals surface area (Å²) in [4.78, 5) is 16.1. The molecule has 3 rings (SSSR count). The Bertz CT molecular complexity index is 772. The van der Waals surface area contributed by atoms with E-state index in [1.807, 2.05) is 28.8 Å². The molecule has 23 heavy (non-hydrogen) atoms. The topological polar surface area (TPSA) is 46.4 Å². The Kier molecular flexibility index (Phi) is 4.43. The molecule has 1 aromatic carbocycles. The van der Waals surface area contributed by atoms with Crippen molar-refractivity contribution >= 4 is 27.6 Å². The summed E-state index contributed by atoms with van der Waals surface area (Å²) in [6.45, 7) is -1.37.